The first-order chi connectivity index (χ1) is 6.44. The first-order valence-corrected chi connectivity index (χ1v) is 6.86. The molecule has 2 unspecified atom stereocenters. The maximum atomic E-state index is 3.64. The Bertz CT molecular complexity index is 174. The van der Waals surface area contributed by atoms with Gasteiger partial charge in [0.25, 0.3) is 0 Å². The molecule has 0 aromatic heterocycles. The average Bonchev–Trinajstić information content (AvgIpc) is 2.41. The summed E-state index contributed by atoms with van der Waals surface area (Å²) < 4.78 is 0. The molecule has 1 rings (SSSR count). The molecule has 0 amide bonds. The number of alkyl halides is 1. The molecular formula is C12H24BrN. The Morgan fingerprint density at radius 3 is 2.50 bits per heavy atom. The fraction of sp³-hybridized carbons (Fsp3) is 1.00. The molecule has 2 atom stereocenters. The fourth-order valence-electron chi connectivity index (χ4n) is 2.09. The lowest BCUT2D eigenvalue weighted by atomic mass is 9.92. The third kappa shape index (κ3) is 3.54. The molecule has 1 saturated heterocycles. The molecule has 1 nitrogen and oxygen atoms in total. The second-order valence-electron chi connectivity index (χ2n) is 5.83. The van der Waals surface area contributed by atoms with Crippen LogP contribution in [0.1, 0.15) is 40.5 Å². The predicted molar refractivity (Wildman–Crippen MR) is 67.0 cm³/mol. The van der Waals surface area contributed by atoms with Crippen molar-refractivity contribution in [1.29, 1.82) is 0 Å². The van der Waals surface area contributed by atoms with E-state index >= 15 is 0 Å². The van der Waals surface area contributed by atoms with Crippen molar-refractivity contribution in [2.24, 2.45) is 11.3 Å². The number of nitrogens with zero attached hydrogens (tertiary/aromatic N) is 1. The normalized spacial score (nSPS) is 29.8. The van der Waals surface area contributed by atoms with Gasteiger partial charge in [-0.05, 0) is 37.3 Å². The van der Waals surface area contributed by atoms with Crippen molar-refractivity contribution in [3.63, 3.8) is 0 Å². The van der Waals surface area contributed by atoms with Crippen molar-refractivity contribution in [2.45, 2.75) is 46.6 Å². The summed E-state index contributed by atoms with van der Waals surface area (Å²) in [5.41, 5.74) is 0.475. The highest BCUT2D eigenvalue weighted by atomic mass is 79.9. The van der Waals surface area contributed by atoms with E-state index in [1.165, 1.54) is 25.9 Å². The first-order valence-electron chi connectivity index (χ1n) is 5.74. The van der Waals surface area contributed by atoms with Gasteiger partial charge in [0.2, 0.25) is 0 Å². The maximum absolute atomic E-state index is 3.64. The minimum atomic E-state index is 0.475. The van der Waals surface area contributed by atoms with E-state index < -0.39 is 0 Å². The summed E-state index contributed by atoms with van der Waals surface area (Å²) in [4.78, 5) is 2.66. The summed E-state index contributed by atoms with van der Waals surface area (Å²) in [7, 11) is 0. The minimum absolute atomic E-state index is 0.475. The van der Waals surface area contributed by atoms with Crippen molar-refractivity contribution in [3.05, 3.63) is 0 Å². The van der Waals surface area contributed by atoms with Gasteiger partial charge in [0.1, 0.15) is 0 Å². The number of hydrogen-bond acceptors (Lipinski definition) is 1. The van der Waals surface area contributed by atoms with E-state index in [4.69, 9.17) is 0 Å². The zero-order valence-electron chi connectivity index (χ0n) is 10.0. The van der Waals surface area contributed by atoms with Crippen molar-refractivity contribution in [2.75, 3.05) is 18.4 Å². The zero-order valence-corrected chi connectivity index (χ0v) is 11.6. The fourth-order valence-corrected chi connectivity index (χ4v) is 3.14. The van der Waals surface area contributed by atoms with Crippen molar-refractivity contribution >= 4 is 15.9 Å². The molecule has 0 aliphatic carbocycles. The quantitative estimate of drug-likeness (QED) is 0.703. The molecule has 0 spiro atoms. The topological polar surface area (TPSA) is 3.24 Å². The predicted octanol–water partition coefficient (Wildman–Crippen LogP) is 3.53. The highest BCUT2D eigenvalue weighted by Crippen LogP contribution is 2.27. The minimum Gasteiger partial charge on any atom is -0.299 e. The van der Waals surface area contributed by atoms with Crippen LogP contribution in [0.25, 0.3) is 0 Å². The highest BCUT2D eigenvalue weighted by Gasteiger charge is 2.30. The Kier molecular flexibility index (Phi) is 4.45. The van der Waals surface area contributed by atoms with Gasteiger partial charge >= 0.3 is 0 Å². The maximum Gasteiger partial charge on any atom is 0.0218 e. The van der Waals surface area contributed by atoms with Gasteiger partial charge in [-0.15, -0.1) is 0 Å². The van der Waals surface area contributed by atoms with Crippen molar-refractivity contribution < 1.29 is 0 Å². The lowest BCUT2D eigenvalue weighted by Gasteiger charge is -2.28. The molecule has 1 aliphatic heterocycles. The van der Waals surface area contributed by atoms with Gasteiger partial charge in [0.05, 0.1) is 0 Å². The molecule has 14 heavy (non-hydrogen) atoms. The third-order valence-electron chi connectivity index (χ3n) is 3.30. The lowest BCUT2D eigenvalue weighted by molar-refractivity contribution is 0.213. The van der Waals surface area contributed by atoms with Crippen LogP contribution in [0.15, 0.2) is 0 Å². The van der Waals surface area contributed by atoms with E-state index in [2.05, 4.69) is 48.5 Å². The second kappa shape index (κ2) is 4.98. The molecular weight excluding hydrogens is 238 g/mol. The van der Waals surface area contributed by atoms with Gasteiger partial charge in [-0.1, -0.05) is 43.6 Å². The summed E-state index contributed by atoms with van der Waals surface area (Å²) in [5, 5.41) is 1.14. The monoisotopic (exact) mass is 261 g/mol. The van der Waals surface area contributed by atoms with Gasteiger partial charge in [-0.3, -0.25) is 4.90 Å². The molecule has 1 fully saturated rings. The molecule has 0 N–H and O–H groups in total. The van der Waals surface area contributed by atoms with Gasteiger partial charge < -0.3 is 0 Å². The molecule has 0 aromatic rings. The van der Waals surface area contributed by atoms with Crippen molar-refractivity contribution in [1.82, 2.24) is 4.90 Å². The second-order valence-corrected chi connectivity index (χ2v) is 6.48. The zero-order chi connectivity index (χ0) is 10.8. The molecule has 0 radical (unpaired) electrons. The average molecular weight is 262 g/mol. The summed E-state index contributed by atoms with van der Waals surface area (Å²) in [6, 6.07) is 0.775. The largest absolute Gasteiger partial charge is 0.299 e. The Hall–Kier alpha value is 0.440. The Morgan fingerprint density at radius 2 is 2.00 bits per heavy atom. The van der Waals surface area contributed by atoms with Gasteiger partial charge in [-0.25, -0.2) is 0 Å². The highest BCUT2D eigenvalue weighted by molar-refractivity contribution is 9.09. The van der Waals surface area contributed by atoms with Crippen LogP contribution in [0.2, 0.25) is 0 Å². The van der Waals surface area contributed by atoms with Crippen LogP contribution in [-0.2, 0) is 0 Å². The van der Waals surface area contributed by atoms with Gasteiger partial charge in [-0.2, -0.15) is 0 Å². The van der Waals surface area contributed by atoms with E-state index in [9.17, 15) is 0 Å². The number of hydrogen-bond donors (Lipinski definition) is 0. The molecule has 1 heterocycles. The van der Waals surface area contributed by atoms with E-state index in [-0.39, 0.29) is 0 Å². The first kappa shape index (κ1) is 12.5. The van der Waals surface area contributed by atoms with Gasteiger partial charge in [0.15, 0.2) is 0 Å². The van der Waals surface area contributed by atoms with Crippen LogP contribution in [0.5, 0.6) is 0 Å². The van der Waals surface area contributed by atoms with E-state index in [1.54, 1.807) is 0 Å². The van der Waals surface area contributed by atoms with Crippen LogP contribution in [-0.4, -0.2) is 29.4 Å². The van der Waals surface area contributed by atoms with Crippen LogP contribution in [0.4, 0.5) is 0 Å². The van der Waals surface area contributed by atoms with E-state index in [0.29, 0.717) is 5.41 Å². The van der Waals surface area contributed by atoms with E-state index in [1.807, 2.05) is 0 Å². The number of halogens is 1. The van der Waals surface area contributed by atoms with Crippen LogP contribution >= 0.6 is 15.9 Å². The summed E-state index contributed by atoms with van der Waals surface area (Å²) in [6.07, 6.45) is 2.68. The number of rotatable bonds is 3. The molecule has 0 bridgehead atoms. The standard InChI is InChI=1S/C12H24BrN/c1-10-5-7-14(11(10)9-13)8-6-12(2,3)4/h10-11H,5-9H2,1-4H3. The Morgan fingerprint density at radius 1 is 1.36 bits per heavy atom. The lowest BCUT2D eigenvalue weighted by Crippen LogP contribution is -2.35. The smallest absolute Gasteiger partial charge is 0.0218 e. The van der Waals surface area contributed by atoms with Gasteiger partial charge in [0, 0.05) is 11.4 Å². The van der Waals surface area contributed by atoms with Crippen LogP contribution in [0.3, 0.4) is 0 Å². The molecule has 0 saturated carbocycles. The van der Waals surface area contributed by atoms with Crippen molar-refractivity contribution in [3.8, 4) is 0 Å². The summed E-state index contributed by atoms with van der Waals surface area (Å²) >= 11 is 3.64. The summed E-state index contributed by atoms with van der Waals surface area (Å²) in [6.45, 7) is 11.9. The molecule has 2 heteroatoms. The molecule has 84 valence electrons. The molecule has 1 aliphatic rings. The van der Waals surface area contributed by atoms with Crippen LogP contribution < -0.4 is 0 Å². The summed E-state index contributed by atoms with van der Waals surface area (Å²) in [5.74, 6) is 0.870. The third-order valence-corrected chi connectivity index (χ3v) is 3.97. The Balaban J connectivity index is 2.38. The SMILES string of the molecule is CC1CCN(CCC(C)(C)C)C1CBr. The van der Waals surface area contributed by atoms with Crippen LogP contribution in [0, 0.1) is 11.3 Å². The Labute approximate surface area is 97.4 Å². The molecule has 0 aromatic carbocycles. The number of likely N-dealkylation sites (tertiary alicyclic amines) is 1. The van der Waals surface area contributed by atoms with E-state index in [0.717, 1.165) is 17.3 Å².